The Balaban J connectivity index is 1.61. The number of nitrogens with two attached hydrogens (primary N) is 1. The van der Waals surface area contributed by atoms with E-state index in [1.54, 1.807) is 0 Å². The number of benzene rings is 1. The number of nitro groups is 1. The predicted octanol–water partition coefficient (Wildman–Crippen LogP) is 3.29. The summed E-state index contributed by atoms with van der Waals surface area (Å²) in [5, 5.41) is 14.3. The molecule has 1 unspecified atom stereocenters. The number of rotatable bonds is 8. The standard InChI is InChI=1S/C22H30N4O4/c1-2-12-30-21-14-19(23)20(26(28)29)13-18(21)22(27)24-17-8-10-25(11-9-17)15-16-6-4-3-5-7-16/h2-4,13-14,16-17H,1,5-12,15,23H2,(H,24,27). The summed E-state index contributed by atoms with van der Waals surface area (Å²) in [6.45, 7) is 6.74. The van der Waals surface area contributed by atoms with E-state index in [0.717, 1.165) is 44.8 Å². The molecule has 1 amide bonds. The van der Waals surface area contributed by atoms with E-state index in [0.29, 0.717) is 0 Å². The minimum Gasteiger partial charge on any atom is -0.489 e. The van der Waals surface area contributed by atoms with Crippen LogP contribution in [0.5, 0.6) is 5.75 Å². The van der Waals surface area contributed by atoms with Crippen molar-refractivity contribution >= 4 is 17.3 Å². The van der Waals surface area contributed by atoms with Crippen LogP contribution in [0.15, 0.2) is 36.9 Å². The SMILES string of the molecule is C=CCOc1cc(N)c([N+](=O)[O-])cc1C(=O)NC1CCN(CC2CC=CCC2)CC1. The summed E-state index contributed by atoms with van der Waals surface area (Å²) in [5.74, 6) is 0.562. The van der Waals surface area contributed by atoms with Crippen LogP contribution >= 0.6 is 0 Å². The third-order valence-corrected chi connectivity index (χ3v) is 5.74. The number of carbonyl (C=O) groups excluding carboxylic acids is 1. The van der Waals surface area contributed by atoms with Gasteiger partial charge in [0.2, 0.25) is 0 Å². The zero-order valence-electron chi connectivity index (χ0n) is 17.2. The molecule has 1 aliphatic heterocycles. The number of hydrogen-bond acceptors (Lipinski definition) is 6. The van der Waals surface area contributed by atoms with Gasteiger partial charge in [0.05, 0.1) is 10.5 Å². The Morgan fingerprint density at radius 2 is 2.10 bits per heavy atom. The van der Waals surface area contributed by atoms with E-state index in [1.807, 2.05) is 0 Å². The molecule has 1 fully saturated rings. The lowest BCUT2D eigenvalue weighted by Crippen LogP contribution is -2.46. The second-order valence-corrected chi connectivity index (χ2v) is 7.96. The summed E-state index contributed by atoms with van der Waals surface area (Å²) >= 11 is 0. The maximum Gasteiger partial charge on any atom is 0.293 e. The second kappa shape index (κ2) is 10.2. The van der Waals surface area contributed by atoms with Crippen LogP contribution < -0.4 is 15.8 Å². The maximum atomic E-state index is 12.9. The zero-order valence-corrected chi connectivity index (χ0v) is 17.2. The number of amides is 1. The average molecular weight is 415 g/mol. The fourth-order valence-electron chi connectivity index (χ4n) is 4.10. The molecule has 1 atom stereocenters. The number of anilines is 1. The third kappa shape index (κ3) is 5.60. The fraction of sp³-hybridized carbons (Fsp3) is 0.500. The van der Waals surface area contributed by atoms with E-state index in [4.69, 9.17) is 10.5 Å². The van der Waals surface area contributed by atoms with E-state index >= 15 is 0 Å². The maximum absolute atomic E-state index is 12.9. The van der Waals surface area contributed by atoms with Crippen LogP contribution in [0.25, 0.3) is 0 Å². The van der Waals surface area contributed by atoms with Crippen molar-refractivity contribution in [3.63, 3.8) is 0 Å². The molecule has 0 radical (unpaired) electrons. The largest absolute Gasteiger partial charge is 0.489 e. The number of carbonyl (C=O) groups is 1. The Morgan fingerprint density at radius 1 is 1.33 bits per heavy atom. The number of piperidine rings is 1. The molecule has 2 aliphatic rings. The summed E-state index contributed by atoms with van der Waals surface area (Å²) in [5.41, 5.74) is 5.53. The molecule has 0 saturated carbocycles. The number of nitrogens with one attached hydrogen (secondary N) is 1. The highest BCUT2D eigenvalue weighted by atomic mass is 16.6. The van der Waals surface area contributed by atoms with E-state index in [-0.39, 0.29) is 41.2 Å². The quantitative estimate of drug-likeness (QED) is 0.292. The molecular weight excluding hydrogens is 384 g/mol. The van der Waals surface area contributed by atoms with Gasteiger partial charge < -0.3 is 20.7 Å². The van der Waals surface area contributed by atoms with Crippen LogP contribution in [0.2, 0.25) is 0 Å². The smallest absolute Gasteiger partial charge is 0.293 e. The summed E-state index contributed by atoms with van der Waals surface area (Å²) in [6.07, 6.45) is 11.4. The van der Waals surface area contributed by atoms with Gasteiger partial charge in [0.25, 0.3) is 11.6 Å². The minimum atomic E-state index is -0.595. The first-order valence-corrected chi connectivity index (χ1v) is 10.5. The molecule has 1 aromatic carbocycles. The average Bonchev–Trinajstić information content (AvgIpc) is 2.74. The van der Waals surface area contributed by atoms with Crippen LogP contribution in [0.4, 0.5) is 11.4 Å². The Hall–Kier alpha value is -2.87. The third-order valence-electron chi connectivity index (χ3n) is 5.74. The highest BCUT2D eigenvalue weighted by molar-refractivity contribution is 5.98. The summed E-state index contributed by atoms with van der Waals surface area (Å²) in [7, 11) is 0. The summed E-state index contributed by atoms with van der Waals surface area (Å²) in [6, 6.07) is 2.55. The number of nitro benzene ring substituents is 1. The molecule has 30 heavy (non-hydrogen) atoms. The molecule has 0 aromatic heterocycles. The van der Waals surface area contributed by atoms with Crippen LogP contribution in [-0.2, 0) is 0 Å². The minimum absolute atomic E-state index is 0.0314. The van der Waals surface area contributed by atoms with Crippen LogP contribution in [0.1, 0.15) is 42.5 Å². The molecule has 1 aliphatic carbocycles. The second-order valence-electron chi connectivity index (χ2n) is 7.96. The van der Waals surface area contributed by atoms with E-state index in [2.05, 4.69) is 28.9 Å². The van der Waals surface area contributed by atoms with Crippen molar-refractivity contribution in [3.8, 4) is 5.75 Å². The van der Waals surface area contributed by atoms with Crippen molar-refractivity contribution in [1.29, 1.82) is 0 Å². The van der Waals surface area contributed by atoms with E-state index in [9.17, 15) is 14.9 Å². The van der Waals surface area contributed by atoms with E-state index in [1.165, 1.54) is 31.1 Å². The van der Waals surface area contributed by atoms with Gasteiger partial charge in [-0.25, -0.2) is 0 Å². The van der Waals surface area contributed by atoms with E-state index < -0.39 is 4.92 Å². The van der Waals surface area contributed by atoms with Crippen molar-refractivity contribution in [2.24, 2.45) is 5.92 Å². The van der Waals surface area contributed by atoms with Crippen molar-refractivity contribution in [2.75, 3.05) is 32.0 Å². The van der Waals surface area contributed by atoms with Gasteiger partial charge in [0, 0.05) is 37.8 Å². The van der Waals surface area contributed by atoms with Crippen LogP contribution in [0, 0.1) is 16.0 Å². The van der Waals surface area contributed by atoms with Gasteiger partial charge in [-0.3, -0.25) is 14.9 Å². The molecular formula is C22H30N4O4. The molecule has 8 nitrogen and oxygen atoms in total. The van der Waals surface area contributed by atoms with Crippen molar-refractivity contribution in [2.45, 2.75) is 38.1 Å². The molecule has 0 bridgehead atoms. The highest BCUT2D eigenvalue weighted by Gasteiger charge is 2.26. The molecule has 1 saturated heterocycles. The fourth-order valence-corrected chi connectivity index (χ4v) is 4.10. The molecule has 0 spiro atoms. The number of nitrogens with zero attached hydrogens (tertiary/aromatic N) is 2. The molecule has 162 valence electrons. The number of ether oxygens (including phenoxy) is 1. The first-order valence-electron chi connectivity index (χ1n) is 10.5. The van der Waals surface area contributed by atoms with Gasteiger partial charge in [-0.05, 0) is 38.0 Å². The van der Waals surface area contributed by atoms with Gasteiger partial charge in [0.15, 0.2) is 0 Å². The van der Waals surface area contributed by atoms with Crippen molar-refractivity contribution in [3.05, 3.63) is 52.6 Å². The molecule has 3 rings (SSSR count). The monoisotopic (exact) mass is 414 g/mol. The Kier molecular flexibility index (Phi) is 7.46. The van der Waals surface area contributed by atoms with Gasteiger partial charge >= 0.3 is 0 Å². The Bertz CT molecular complexity index is 816. The van der Waals surface area contributed by atoms with Crippen molar-refractivity contribution in [1.82, 2.24) is 10.2 Å². The topological polar surface area (TPSA) is 111 Å². The first-order chi connectivity index (χ1) is 14.5. The highest BCUT2D eigenvalue weighted by Crippen LogP contribution is 2.31. The lowest BCUT2D eigenvalue weighted by molar-refractivity contribution is -0.383. The summed E-state index contributed by atoms with van der Waals surface area (Å²) < 4.78 is 5.52. The molecule has 8 heteroatoms. The Labute approximate surface area is 176 Å². The first kappa shape index (κ1) is 21.8. The molecule has 3 N–H and O–H groups in total. The molecule has 1 aromatic rings. The number of nitrogen functional groups attached to an aromatic ring is 1. The normalized spacial score (nSPS) is 19.9. The number of hydrogen-bond donors (Lipinski definition) is 2. The predicted molar refractivity (Wildman–Crippen MR) is 117 cm³/mol. The lowest BCUT2D eigenvalue weighted by Gasteiger charge is -2.35. The van der Waals surface area contributed by atoms with Crippen LogP contribution in [0.3, 0.4) is 0 Å². The van der Waals surface area contributed by atoms with Crippen molar-refractivity contribution < 1.29 is 14.5 Å². The van der Waals surface area contributed by atoms with Gasteiger partial charge in [-0.15, -0.1) is 0 Å². The Morgan fingerprint density at radius 3 is 2.73 bits per heavy atom. The zero-order chi connectivity index (χ0) is 21.5. The van der Waals surface area contributed by atoms with Gasteiger partial charge in [-0.1, -0.05) is 24.8 Å². The number of likely N-dealkylation sites (tertiary alicyclic amines) is 1. The van der Waals surface area contributed by atoms with Crippen LogP contribution in [-0.4, -0.2) is 48.0 Å². The number of allylic oxidation sites excluding steroid dienone is 2. The van der Waals surface area contributed by atoms with Gasteiger partial charge in [0.1, 0.15) is 18.0 Å². The summed E-state index contributed by atoms with van der Waals surface area (Å²) in [4.78, 5) is 26.0. The van der Waals surface area contributed by atoms with Gasteiger partial charge in [-0.2, -0.15) is 0 Å². The molecule has 1 heterocycles. The lowest BCUT2D eigenvalue weighted by atomic mass is 9.93.